The van der Waals surface area contributed by atoms with Crippen molar-refractivity contribution in [3.05, 3.63) is 30.1 Å². The summed E-state index contributed by atoms with van der Waals surface area (Å²) in [6.07, 6.45) is 9.36. The van der Waals surface area contributed by atoms with Crippen molar-refractivity contribution in [3.63, 3.8) is 0 Å². The highest BCUT2D eigenvalue weighted by atomic mass is 15.5. The molecule has 2 rings (SSSR count). The van der Waals surface area contributed by atoms with Crippen LogP contribution in [0.15, 0.2) is 29.6 Å². The van der Waals surface area contributed by atoms with Gasteiger partial charge in [-0.1, -0.05) is 0 Å². The van der Waals surface area contributed by atoms with Gasteiger partial charge in [-0.25, -0.2) is 0 Å². The van der Waals surface area contributed by atoms with Crippen molar-refractivity contribution in [2.24, 2.45) is 5.10 Å². The Morgan fingerprint density at radius 1 is 1.40 bits per heavy atom. The SMILES string of the molecule is CC1CCCCN1/N=C/c1ccncc1. The van der Waals surface area contributed by atoms with Gasteiger partial charge >= 0.3 is 0 Å². The van der Waals surface area contributed by atoms with Crippen molar-refractivity contribution in [1.82, 2.24) is 9.99 Å². The fraction of sp³-hybridized carbons (Fsp3) is 0.500. The third-order valence-electron chi connectivity index (χ3n) is 2.83. The summed E-state index contributed by atoms with van der Waals surface area (Å²) in [6, 6.07) is 4.52. The minimum Gasteiger partial charge on any atom is -0.294 e. The number of nitrogens with zero attached hydrogens (tertiary/aromatic N) is 3. The quantitative estimate of drug-likeness (QED) is 0.690. The second-order valence-corrected chi connectivity index (χ2v) is 4.03. The lowest BCUT2D eigenvalue weighted by molar-refractivity contribution is 0.169. The van der Waals surface area contributed by atoms with E-state index in [1.165, 1.54) is 19.3 Å². The number of aromatic nitrogens is 1. The van der Waals surface area contributed by atoms with Crippen LogP contribution >= 0.6 is 0 Å². The molecular weight excluding hydrogens is 186 g/mol. The Bertz CT molecular complexity index is 321. The molecule has 1 aromatic heterocycles. The highest BCUT2D eigenvalue weighted by molar-refractivity contribution is 5.78. The van der Waals surface area contributed by atoms with Gasteiger partial charge in [0.2, 0.25) is 0 Å². The van der Waals surface area contributed by atoms with Crippen LogP contribution < -0.4 is 0 Å². The second kappa shape index (κ2) is 4.91. The van der Waals surface area contributed by atoms with E-state index in [2.05, 4.69) is 22.0 Å². The van der Waals surface area contributed by atoms with E-state index >= 15 is 0 Å². The minimum absolute atomic E-state index is 0.580. The Balaban J connectivity index is 1.98. The van der Waals surface area contributed by atoms with Crippen LogP contribution in [0.1, 0.15) is 31.7 Å². The van der Waals surface area contributed by atoms with Crippen LogP contribution in [-0.4, -0.2) is 28.8 Å². The first-order valence-corrected chi connectivity index (χ1v) is 5.57. The fourth-order valence-corrected chi connectivity index (χ4v) is 1.84. The van der Waals surface area contributed by atoms with E-state index in [9.17, 15) is 0 Å². The van der Waals surface area contributed by atoms with Gasteiger partial charge in [0.05, 0.1) is 6.21 Å². The number of pyridine rings is 1. The van der Waals surface area contributed by atoms with Crippen LogP contribution in [0.3, 0.4) is 0 Å². The standard InChI is InChI=1S/C12H17N3/c1-11-4-2-3-9-15(11)14-10-12-5-7-13-8-6-12/h5-8,10-11H,2-4,9H2,1H3/b14-10+. The highest BCUT2D eigenvalue weighted by Crippen LogP contribution is 2.16. The first-order chi connectivity index (χ1) is 7.36. The second-order valence-electron chi connectivity index (χ2n) is 4.03. The van der Waals surface area contributed by atoms with Gasteiger partial charge in [0, 0.05) is 25.0 Å². The fourth-order valence-electron chi connectivity index (χ4n) is 1.84. The van der Waals surface area contributed by atoms with E-state index in [0.29, 0.717) is 6.04 Å². The molecule has 15 heavy (non-hydrogen) atoms. The summed E-state index contributed by atoms with van der Waals surface area (Å²) in [6.45, 7) is 3.33. The van der Waals surface area contributed by atoms with Gasteiger partial charge in [-0.3, -0.25) is 9.99 Å². The van der Waals surface area contributed by atoms with E-state index < -0.39 is 0 Å². The summed E-state index contributed by atoms with van der Waals surface area (Å²) in [5.41, 5.74) is 1.11. The molecule has 1 saturated heterocycles. The molecule has 1 aliphatic rings. The molecule has 1 aliphatic heterocycles. The van der Waals surface area contributed by atoms with Crippen molar-refractivity contribution >= 4 is 6.21 Å². The van der Waals surface area contributed by atoms with E-state index in [1.54, 1.807) is 12.4 Å². The molecule has 0 spiro atoms. The zero-order valence-electron chi connectivity index (χ0n) is 9.13. The van der Waals surface area contributed by atoms with Crippen molar-refractivity contribution in [1.29, 1.82) is 0 Å². The molecule has 0 saturated carbocycles. The Morgan fingerprint density at radius 3 is 2.93 bits per heavy atom. The molecule has 1 unspecified atom stereocenters. The third-order valence-corrected chi connectivity index (χ3v) is 2.83. The van der Waals surface area contributed by atoms with Gasteiger partial charge in [-0.05, 0) is 43.9 Å². The smallest absolute Gasteiger partial charge is 0.0544 e. The number of rotatable bonds is 2. The van der Waals surface area contributed by atoms with Gasteiger partial charge < -0.3 is 0 Å². The molecule has 2 heterocycles. The summed E-state index contributed by atoms with van der Waals surface area (Å²) in [4.78, 5) is 3.98. The summed E-state index contributed by atoms with van der Waals surface area (Å²) in [5, 5.41) is 6.70. The van der Waals surface area contributed by atoms with Crippen molar-refractivity contribution < 1.29 is 0 Å². The van der Waals surface area contributed by atoms with E-state index in [4.69, 9.17) is 0 Å². The van der Waals surface area contributed by atoms with Crippen LogP contribution in [0.5, 0.6) is 0 Å². The zero-order valence-corrected chi connectivity index (χ0v) is 9.13. The van der Waals surface area contributed by atoms with Gasteiger partial charge in [0.15, 0.2) is 0 Å². The molecule has 1 atom stereocenters. The predicted molar refractivity (Wildman–Crippen MR) is 61.9 cm³/mol. The van der Waals surface area contributed by atoms with E-state index in [1.807, 2.05) is 18.3 Å². The number of hydrogen-bond donors (Lipinski definition) is 0. The monoisotopic (exact) mass is 203 g/mol. The summed E-state index contributed by atoms with van der Waals surface area (Å²) < 4.78 is 0. The zero-order chi connectivity index (χ0) is 10.5. The topological polar surface area (TPSA) is 28.5 Å². The molecule has 0 amide bonds. The highest BCUT2D eigenvalue weighted by Gasteiger charge is 2.15. The van der Waals surface area contributed by atoms with Gasteiger partial charge in [0.1, 0.15) is 0 Å². The molecule has 1 aromatic rings. The number of piperidine rings is 1. The maximum Gasteiger partial charge on any atom is 0.0544 e. The Hall–Kier alpha value is -1.38. The Labute approximate surface area is 90.8 Å². The Kier molecular flexibility index (Phi) is 3.33. The van der Waals surface area contributed by atoms with Crippen molar-refractivity contribution in [2.75, 3.05) is 6.54 Å². The molecule has 3 nitrogen and oxygen atoms in total. The van der Waals surface area contributed by atoms with E-state index in [0.717, 1.165) is 12.1 Å². The lowest BCUT2D eigenvalue weighted by Gasteiger charge is -2.30. The Morgan fingerprint density at radius 2 is 2.20 bits per heavy atom. The van der Waals surface area contributed by atoms with Gasteiger partial charge in [-0.2, -0.15) is 5.10 Å². The molecule has 3 heteroatoms. The summed E-state index contributed by atoms with van der Waals surface area (Å²) in [5.74, 6) is 0. The molecule has 1 fully saturated rings. The molecule has 80 valence electrons. The first-order valence-electron chi connectivity index (χ1n) is 5.57. The van der Waals surface area contributed by atoms with Crippen molar-refractivity contribution in [3.8, 4) is 0 Å². The lowest BCUT2D eigenvalue weighted by atomic mass is 10.1. The maximum atomic E-state index is 4.52. The predicted octanol–water partition coefficient (Wildman–Crippen LogP) is 2.29. The molecule has 0 aliphatic carbocycles. The molecule has 0 bridgehead atoms. The summed E-state index contributed by atoms with van der Waals surface area (Å²) in [7, 11) is 0. The van der Waals surface area contributed by atoms with Crippen LogP contribution in [-0.2, 0) is 0 Å². The summed E-state index contributed by atoms with van der Waals surface area (Å²) >= 11 is 0. The van der Waals surface area contributed by atoms with E-state index in [-0.39, 0.29) is 0 Å². The minimum atomic E-state index is 0.580. The van der Waals surface area contributed by atoms with Crippen LogP contribution in [0.25, 0.3) is 0 Å². The largest absolute Gasteiger partial charge is 0.294 e. The molecule has 0 N–H and O–H groups in total. The average Bonchev–Trinajstić information content (AvgIpc) is 2.29. The normalized spacial score (nSPS) is 22.2. The number of hydrogen-bond acceptors (Lipinski definition) is 3. The molecule has 0 aromatic carbocycles. The van der Waals surface area contributed by atoms with Gasteiger partial charge in [-0.15, -0.1) is 0 Å². The first kappa shape index (κ1) is 10.1. The van der Waals surface area contributed by atoms with Gasteiger partial charge in [0.25, 0.3) is 0 Å². The van der Waals surface area contributed by atoms with Crippen LogP contribution in [0, 0.1) is 0 Å². The molecular formula is C12H17N3. The lowest BCUT2D eigenvalue weighted by Crippen LogP contribution is -2.33. The average molecular weight is 203 g/mol. The maximum absolute atomic E-state index is 4.52. The van der Waals surface area contributed by atoms with Crippen molar-refractivity contribution in [2.45, 2.75) is 32.2 Å². The molecule has 0 radical (unpaired) electrons. The van der Waals surface area contributed by atoms with Crippen LogP contribution in [0.4, 0.5) is 0 Å². The third kappa shape index (κ3) is 2.78. The number of hydrazone groups is 1. The van der Waals surface area contributed by atoms with Crippen LogP contribution in [0.2, 0.25) is 0 Å².